The monoisotopic (exact) mass is 333 g/mol. The minimum Gasteiger partial charge on any atom is -0.459 e. The maximum Gasteiger partial charge on any atom is 0.134 e. The third kappa shape index (κ3) is 2.37. The van der Waals surface area contributed by atoms with Crippen LogP contribution in [0.2, 0.25) is 0 Å². The van der Waals surface area contributed by atoms with Crippen LogP contribution in [0, 0.1) is 12.7 Å². The number of hydrogen-bond donors (Lipinski definition) is 1. The number of nitrogens with two attached hydrogens (primary N) is 1. The highest BCUT2D eigenvalue weighted by molar-refractivity contribution is 9.10. The van der Waals surface area contributed by atoms with E-state index < -0.39 is 0 Å². The molecule has 2 nitrogen and oxygen atoms in total. The van der Waals surface area contributed by atoms with Crippen LogP contribution >= 0.6 is 15.9 Å². The zero-order valence-corrected chi connectivity index (χ0v) is 12.4. The van der Waals surface area contributed by atoms with Gasteiger partial charge in [-0.25, -0.2) is 4.39 Å². The molecule has 0 bridgehead atoms. The smallest absolute Gasteiger partial charge is 0.134 e. The van der Waals surface area contributed by atoms with Crippen molar-refractivity contribution in [3.8, 4) is 0 Å². The quantitative estimate of drug-likeness (QED) is 0.738. The van der Waals surface area contributed by atoms with Crippen LogP contribution in [0.15, 0.2) is 51.4 Å². The summed E-state index contributed by atoms with van der Waals surface area (Å²) < 4.78 is 19.9. The van der Waals surface area contributed by atoms with Crippen LogP contribution in [0.3, 0.4) is 0 Å². The summed E-state index contributed by atoms with van der Waals surface area (Å²) in [4.78, 5) is 0. The van der Waals surface area contributed by atoms with E-state index >= 15 is 0 Å². The van der Waals surface area contributed by atoms with E-state index in [4.69, 9.17) is 10.2 Å². The average molecular weight is 334 g/mol. The Morgan fingerprint density at radius 1 is 1.15 bits per heavy atom. The highest BCUT2D eigenvalue weighted by Gasteiger charge is 2.16. The molecule has 2 N–H and O–H groups in total. The van der Waals surface area contributed by atoms with Crippen molar-refractivity contribution in [2.24, 2.45) is 5.73 Å². The van der Waals surface area contributed by atoms with Gasteiger partial charge in [0, 0.05) is 9.86 Å². The molecular weight excluding hydrogens is 321 g/mol. The lowest BCUT2D eigenvalue weighted by Gasteiger charge is -2.12. The van der Waals surface area contributed by atoms with E-state index in [1.807, 2.05) is 25.1 Å². The first kappa shape index (κ1) is 13.3. The van der Waals surface area contributed by atoms with Gasteiger partial charge in [0.05, 0.1) is 6.04 Å². The maximum atomic E-state index is 13.2. The van der Waals surface area contributed by atoms with Gasteiger partial charge in [-0.2, -0.15) is 0 Å². The average Bonchev–Trinajstić information content (AvgIpc) is 2.83. The normalized spacial score (nSPS) is 12.8. The summed E-state index contributed by atoms with van der Waals surface area (Å²) in [5.74, 6) is 0.351. The van der Waals surface area contributed by atoms with Crippen LogP contribution in [0.5, 0.6) is 0 Å². The zero-order chi connectivity index (χ0) is 14.3. The molecule has 1 aromatic heterocycles. The van der Waals surface area contributed by atoms with Crippen molar-refractivity contribution in [3.63, 3.8) is 0 Å². The minimum absolute atomic E-state index is 0.281. The molecule has 0 fully saturated rings. The van der Waals surface area contributed by atoms with E-state index in [-0.39, 0.29) is 11.9 Å². The van der Waals surface area contributed by atoms with Crippen molar-refractivity contribution in [1.82, 2.24) is 0 Å². The molecule has 0 amide bonds. The molecule has 2 aromatic carbocycles. The minimum atomic E-state index is -0.372. The fourth-order valence-electron chi connectivity index (χ4n) is 2.29. The molecule has 1 atom stereocenters. The van der Waals surface area contributed by atoms with Crippen molar-refractivity contribution in [1.29, 1.82) is 0 Å². The Kier molecular flexibility index (Phi) is 3.36. The zero-order valence-electron chi connectivity index (χ0n) is 10.9. The first-order valence-corrected chi connectivity index (χ1v) is 7.04. The van der Waals surface area contributed by atoms with Gasteiger partial charge in [0.25, 0.3) is 0 Å². The summed E-state index contributed by atoms with van der Waals surface area (Å²) in [6.45, 7) is 2.00. The molecule has 0 aliphatic rings. The molecule has 3 rings (SSSR count). The molecule has 0 aliphatic carbocycles. The Morgan fingerprint density at radius 2 is 1.95 bits per heavy atom. The highest BCUT2D eigenvalue weighted by atomic mass is 79.9. The fraction of sp³-hybridized carbons (Fsp3) is 0.125. The van der Waals surface area contributed by atoms with Gasteiger partial charge in [-0.1, -0.05) is 22.0 Å². The van der Waals surface area contributed by atoms with E-state index in [2.05, 4.69) is 15.9 Å². The van der Waals surface area contributed by atoms with Crippen LogP contribution in [0.4, 0.5) is 4.39 Å². The third-order valence-corrected chi connectivity index (χ3v) is 3.87. The Bertz CT molecular complexity index is 781. The van der Waals surface area contributed by atoms with Gasteiger partial charge in [-0.15, -0.1) is 0 Å². The highest BCUT2D eigenvalue weighted by Crippen LogP contribution is 2.30. The van der Waals surface area contributed by atoms with Gasteiger partial charge >= 0.3 is 0 Å². The number of rotatable bonds is 2. The molecule has 3 aromatic rings. The Morgan fingerprint density at radius 3 is 2.75 bits per heavy atom. The lowest BCUT2D eigenvalue weighted by atomic mass is 10.00. The van der Waals surface area contributed by atoms with Crippen molar-refractivity contribution < 1.29 is 8.81 Å². The number of benzene rings is 2. The molecule has 0 saturated carbocycles. The number of furan rings is 1. The van der Waals surface area contributed by atoms with Crippen molar-refractivity contribution >= 4 is 26.9 Å². The molecule has 0 radical (unpaired) electrons. The summed E-state index contributed by atoms with van der Waals surface area (Å²) in [6.07, 6.45) is 0. The van der Waals surface area contributed by atoms with Crippen LogP contribution in [-0.2, 0) is 0 Å². The Balaban J connectivity index is 2.07. The predicted molar refractivity (Wildman–Crippen MR) is 81.1 cm³/mol. The second-order valence-electron chi connectivity index (χ2n) is 4.81. The first-order chi connectivity index (χ1) is 9.54. The molecule has 4 heteroatoms. The molecule has 1 unspecified atom stereocenters. The number of fused-ring (bicyclic) bond motifs is 1. The van der Waals surface area contributed by atoms with Crippen molar-refractivity contribution in [2.75, 3.05) is 0 Å². The molecular formula is C16H13BrFNO. The number of hydrogen-bond acceptors (Lipinski definition) is 2. The lowest BCUT2D eigenvalue weighted by Crippen LogP contribution is -2.12. The predicted octanol–water partition coefficient (Wildman–Crippen LogP) is 4.69. The van der Waals surface area contributed by atoms with Gasteiger partial charge in [0.15, 0.2) is 0 Å². The molecule has 102 valence electrons. The van der Waals surface area contributed by atoms with Crippen molar-refractivity contribution in [2.45, 2.75) is 13.0 Å². The van der Waals surface area contributed by atoms with E-state index in [0.717, 1.165) is 21.0 Å². The largest absolute Gasteiger partial charge is 0.459 e. The van der Waals surface area contributed by atoms with Crippen LogP contribution < -0.4 is 5.73 Å². The van der Waals surface area contributed by atoms with Crippen LogP contribution in [-0.4, -0.2) is 0 Å². The maximum absolute atomic E-state index is 13.2. The molecule has 0 aliphatic heterocycles. The SMILES string of the molecule is Cc1ccc(Br)cc1C(N)c1cc2cc(F)ccc2o1. The number of aryl methyl sites for hydroxylation is 1. The lowest BCUT2D eigenvalue weighted by molar-refractivity contribution is 0.523. The first-order valence-electron chi connectivity index (χ1n) is 6.25. The fourth-order valence-corrected chi connectivity index (χ4v) is 2.67. The van der Waals surface area contributed by atoms with Gasteiger partial charge in [-0.3, -0.25) is 0 Å². The summed E-state index contributed by atoms with van der Waals surface area (Å²) in [5, 5.41) is 0.725. The second kappa shape index (κ2) is 5.04. The molecule has 0 saturated heterocycles. The number of halogens is 2. The summed E-state index contributed by atoms with van der Waals surface area (Å²) in [5.41, 5.74) is 9.00. The summed E-state index contributed by atoms with van der Waals surface area (Å²) >= 11 is 3.45. The summed E-state index contributed by atoms with van der Waals surface area (Å²) in [7, 11) is 0. The van der Waals surface area contributed by atoms with E-state index in [1.54, 1.807) is 12.1 Å². The van der Waals surface area contributed by atoms with Crippen LogP contribution in [0.25, 0.3) is 11.0 Å². The standard InChI is InChI=1S/C16H13BrFNO/c1-9-2-3-11(17)8-13(9)16(19)15-7-10-6-12(18)4-5-14(10)20-15/h2-8,16H,19H2,1H3. The van der Waals surface area contributed by atoms with E-state index in [1.165, 1.54) is 12.1 Å². The van der Waals surface area contributed by atoms with E-state index in [0.29, 0.717) is 11.3 Å². The third-order valence-electron chi connectivity index (χ3n) is 3.38. The molecule has 0 spiro atoms. The van der Waals surface area contributed by atoms with Gasteiger partial charge in [0.2, 0.25) is 0 Å². The Hall–Kier alpha value is -1.65. The van der Waals surface area contributed by atoms with Crippen LogP contribution in [0.1, 0.15) is 22.9 Å². The summed E-state index contributed by atoms with van der Waals surface area (Å²) in [6, 6.07) is 11.8. The van der Waals surface area contributed by atoms with Gasteiger partial charge < -0.3 is 10.2 Å². The van der Waals surface area contributed by atoms with E-state index in [9.17, 15) is 4.39 Å². The van der Waals surface area contributed by atoms with Gasteiger partial charge in [-0.05, 0) is 54.4 Å². The topological polar surface area (TPSA) is 39.2 Å². The van der Waals surface area contributed by atoms with Crippen molar-refractivity contribution in [3.05, 3.63) is 69.6 Å². The second-order valence-corrected chi connectivity index (χ2v) is 5.73. The van der Waals surface area contributed by atoms with Gasteiger partial charge in [0.1, 0.15) is 17.2 Å². The Labute approximate surface area is 124 Å². The molecule has 1 heterocycles. The molecule has 20 heavy (non-hydrogen) atoms.